The minimum Gasteiger partial charge on any atom is -0.320 e. The van der Waals surface area contributed by atoms with Gasteiger partial charge in [-0.25, -0.2) is 9.98 Å². The molecule has 4 heteroatoms. The third-order valence-corrected chi connectivity index (χ3v) is 1.42. The van der Waals surface area contributed by atoms with E-state index in [1.807, 2.05) is 14.0 Å². The Balaban J connectivity index is 2.67. The third-order valence-electron chi connectivity index (χ3n) is 1.42. The molecule has 0 bridgehead atoms. The highest BCUT2D eigenvalue weighted by Gasteiger charge is 2.15. The molecule has 0 saturated carbocycles. The Morgan fingerprint density at radius 3 is 2.90 bits per heavy atom. The summed E-state index contributed by atoms with van der Waals surface area (Å²) < 4.78 is 0. The van der Waals surface area contributed by atoms with Gasteiger partial charge in [0.05, 0.1) is 6.04 Å². The monoisotopic (exact) mass is 140 g/mol. The average Bonchev–Trinajstić information content (AvgIpc) is 1.94. The van der Waals surface area contributed by atoms with Crippen LogP contribution in [-0.2, 0) is 0 Å². The second kappa shape index (κ2) is 2.90. The van der Waals surface area contributed by atoms with Crippen LogP contribution in [0.5, 0.6) is 0 Å². The first-order chi connectivity index (χ1) is 4.74. The Kier molecular flexibility index (Phi) is 2.13. The van der Waals surface area contributed by atoms with Gasteiger partial charge in [0.2, 0.25) is 0 Å². The van der Waals surface area contributed by atoms with Crippen LogP contribution in [0.4, 0.5) is 0 Å². The first-order valence-electron chi connectivity index (χ1n) is 3.25. The molecule has 2 unspecified atom stereocenters. The first kappa shape index (κ1) is 7.37. The number of amidine groups is 1. The molecule has 0 aromatic carbocycles. The van der Waals surface area contributed by atoms with Crippen LogP contribution in [0, 0.1) is 0 Å². The highest BCUT2D eigenvalue weighted by molar-refractivity contribution is 5.91. The standard InChI is InChI=1S/C6H12N4/c1-4-9-3-5(7)6(8-2)10-4/h3,5-6,8H,7H2,1-2H3. The van der Waals surface area contributed by atoms with Gasteiger partial charge in [-0.3, -0.25) is 5.32 Å². The Morgan fingerprint density at radius 1 is 1.70 bits per heavy atom. The number of hydrogen-bond donors (Lipinski definition) is 2. The maximum atomic E-state index is 5.63. The lowest BCUT2D eigenvalue weighted by Crippen LogP contribution is -2.45. The molecule has 0 aliphatic carbocycles. The van der Waals surface area contributed by atoms with Crippen molar-refractivity contribution < 1.29 is 0 Å². The van der Waals surface area contributed by atoms with Crippen molar-refractivity contribution in [3.8, 4) is 0 Å². The minimum absolute atomic E-state index is 0.00231. The fourth-order valence-corrected chi connectivity index (χ4v) is 0.853. The van der Waals surface area contributed by atoms with Crippen molar-refractivity contribution in [2.45, 2.75) is 19.1 Å². The Hall–Kier alpha value is -0.740. The van der Waals surface area contributed by atoms with Crippen LogP contribution in [0.15, 0.2) is 9.98 Å². The van der Waals surface area contributed by atoms with Gasteiger partial charge in [-0.1, -0.05) is 0 Å². The summed E-state index contributed by atoms with van der Waals surface area (Å²) in [5.74, 6) is 0.779. The Bertz CT molecular complexity index is 173. The van der Waals surface area contributed by atoms with Crippen molar-refractivity contribution in [1.82, 2.24) is 5.32 Å². The van der Waals surface area contributed by atoms with Gasteiger partial charge in [-0.15, -0.1) is 0 Å². The summed E-state index contributed by atoms with van der Waals surface area (Å²) in [4.78, 5) is 8.13. The van der Waals surface area contributed by atoms with Crippen molar-refractivity contribution in [2.75, 3.05) is 7.05 Å². The summed E-state index contributed by atoms with van der Waals surface area (Å²) in [5, 5.41) is 2.98. The van der Waals surface area contributed by atoms with Crippen molar-refractivity contribution in [2.24, 2.45) is 15.7 Å². The molecular weight excluding hydrogens is 128 g/mol. The van der Waals surface area contributed by atoms with Crippen LogP contribution in [0.2, 0.25) is 0 Å². The zero-order valence-corrected chi connectivity index (χ0v) is 6.20. The predicted molar refractivity (Wildman–Crippen MR) is 42.4 cm³/mol. The number of nitrogens with two attached hydrogens (primary N) is 1. The lowest BCUT2D eigenvalue weighted by molar-refractivity contribution is 0.549. The molecule has 10 heavy (non-hydrogen) atoms. The molecule has 0 aromatic heterocycles. The molecule has 0 aromatic rings. The van der Waals surface area contributed by atoms with Gasteiger partial charge >= 0.3 is 0 Å². The molecule has 1 aliphatic heterocycles. The van der Waals surface area contributed by atoms with E-state index in [0.717, 1.165) is 5.84 Å². The largest absolute Gasteiger partial charge is 0.320 e. The maximum Gasteiger partial charge on any atom is 0.122 e. The number of nitrogens with one attached hydrogen (secondary N) is 1. The lowest BCUT2D eigenvalue weighted by Gasteiger charge is -2.19. The van der Waals surface area contributed by atoms with Gasteiger partial charge in [-0.05, 0) is 14.0 Å². The van der Waals surface area contributed by atoms with E-state index in [9.17, 15) is 0 Å². The van der Waals surface area contributed by atoms with E-state index in [-0.39, 0.29) is 12.2 Å². The summed E-state index contributed by atoms with van der Waals surface area (Å²) in [6, 6.07) is -0.0892. The van der Waals surface area contributed by atoms with E-state index < -0.39 is 0 Å². The van der Waals surface area contributed by atoms with Crippen LogP contribution >= 0.6 is 0 Å². The van der Waals surface area contributed by atoms with Crippen LogP contribution in [0.1, 0.15) is 6.92 Å². The molecule has 4 nitrogen and oxygen atoms in total. The molecule has 0 spiro atoms. The van der Waals surface area contributed by atoms with Crippen LogP contribution in [0.3, 0.4) is 0 Å². The predicted octanol–water partition coefficient (Wildman–Crippen LogP) is -0.638. The zero-order valence-electron chi connectivity index (χ0n) is 6.20. The van der Waals surface area contributed by atoms with Gasteiger partial charge in [0.15, 0.2) is 0 Å². The van der Waals surface area contributed by atoms with Gasteiger partial charge in [0.25, 0.3) is 0 Å². The van der Waals surface area contributed by atoms with Crippen LogP contribution in [-0.4, -0.2) is 31.3 Å². The smallest absolute Gasteiger partial charge is 0.122 e. The first-order valence-corrected chi connectivity index (χ1v) is 3.25. The lowest BCUT2D eigenvalue weighted by atomic mass is 10.2. The number of nitrogens with zero attached hydrogens (tertiary/aromatic N) is 2. The van der Waals surface area contributed by atoms with Crippen molar-refractivity contribution in [1.29, 1.82) is 0 Å². The summed E-state index contributed by atoms with van der Waals surface area (Å²) in [7, 11) is 1.83. The van der Waals surface area contributed by atoms with Gasteiger partial charge in [0, 0.05) is 6.21 Å². The van der Waals surface area contributed by atoms with Gasteiger partial charge in [0.1, 0.15) is 12.0 Å². The highest BCUT2D eigenvalue weighted by Crippen LogP contribution is 1.97. The SMILES string of the molecule is CNC1N=C(C)N=CC1N. The molecule has 0 saturated heterocycles. The molecule has 0 amide bonds. The molecule has 0 fully saturated rings. The summed E-state index contributed by atoms with van der Waals surface area (Å²) in [6.45, 7) is 1.85. The quantitative estimate of drug-likeness (QED) is 0.509. The number of aliphatic imine (C=N–C) groups is 2. The molecular formula is C6H12N4. The van der Waals surface area contributed by atoms with Crippen LogP contribution in [0.25, 0.3) is 0 Å². The highest BCUT2D eigenvalue weighted by atomic mass is 15.1. The van der Waals surface area contributed by atoms with Gasteiger partial charge in [-0.2, -0.15) is 0 Å². The van der Waals surface area contributed by atoms with Crippen LogP contribution < -0.4 is 11.1 Å². The fraction of sp³-hybridized carbons (Fsp3) is 0.667. The molecule has 1 heterocycles. The summed E-state index contributed by atoms with van der Waals surface area (Å²) in [6.07, 6.45) is 1.71. The number of likely N-dealkylation sites (N-methyl/N-ethyl adjacent to an activating group) is 1. The minimum atomic E-state index is -0.0892. The van der Waals surface area contributed by atoms with Crippen molar-refractivity contribution >= 4 is 12.1 Å². The van der Waals surface area contributed by atoms with Gasteiger partial charge < -0.3 is 5.73 Å². The molecule has 3 N–H and O–H groups in total. The number of hydrogen-bond acceptors (Lipinski definition) is 4. The second-order valence-corrected chi connectivity index (χ2v) is 2.27. The summed E-state index contributed by atoms with van der Waals surface area (Å²) >= 11 is 0. The molecule has 56 valence electrons. The van der Waals surface area contributed by atoms with Crippen molar-refractivity contribution in [3.63, 3.8) is 0 Å². The normalized spacial score (nSPS) is 32.1. The fourth-order valence-electron chi connectivity index (χ4n) is 0.853. The molecule has 2 atom stereocenters. The Morgan fingerprint density at radius 2 is 2.40 bits per heavy atom. The van der Waals surface area contributed by atoms with E-state index in [1.54, 1.807) is 6.21 Å². The average molecular weight is 140 g/mol. The Labute approximate surface area is 60.2 Å². The van der Waals surface area contributed by atoms with Crippen molar-refractivity contribution in [3.05, 3.63) is 0 Å². The second-order valence-electron chi connectivity index (χ2n) is 2.27. The third kappa shape index (κ3) is 1.40. The maximum absolute atomic E-state index is 5.63. The van der Waals surface area contributed by atoms with E-state index >= 15 is 0 Å². The molecule has 1 aliphatic rings. The zero-order chi connectivity index (χ0) is 7.56. The summed E-state index contributed by atoms with van der Waals surface area (Å²) in [5.41, 5.74) is 5.63. The van der Waals surface area contributed by atoms with E-state index in [0.29, 0.717) is 0 Å². The molecule has 0 radical (unpaired) electrons. The van der Waals surface area contributed by atoms with E-state index in [4.69, 9.17) is 5.73 Å². The van der Waals surface area contributed by atoms with E-state index in [2.05, 4.69) is 15.3 Å². The van der Waals surface area contributed by atoms with E-state index in [1.165, 1.54) is 0 Å². The number of rotatable bonds is 1. The molecule has 1 rings (SSSR count). The topological polar surface area (TPSA) is 62.8 Å².